The lowest BCUT2D eigenvalue weighted by Crippen LogP contribution is -1.90. The molecule has 0 aliphatic heterocycles. The minimum absolute atomic E-state index is 0.159. The number of nitriles is 1. The van der Waals surface area contributed by atoms with E-state index in [1.165, 1.54) is 18.2 Å². The van der Waals surface area contributed by atoms with Gasteiger partial charge in [-0.2, -0.15) is 5.26 Å². The van der Waals surface area contributed by atoms with E-state index < -0.39 is 9.05 Å². The van der Waals surface area contributed by atoms with E-state index in [4.69, 9.17) is 15.9 Å². The Kier molecular flexibility index (Phi) is 4.92. The second-order valence-electron chi connectivity index (χ2n) is 2.15. The van der Waals surface area contributed by atoms with Crippen molar-refractivity contribution in [2.45, 2.75) is 0 Å². The van der Waals surface area contributed by atoms with Crippen LogP contribution in [0.5, 0.6) is 0 Å². The molecule has 0 aromatic carbocycles. The van der Waals surface area contributed by atoms with Crippen molar-refractivity contribution in [1.82, 2.24) is 0 Å². The number of nitrogens with zero attached hydrogens (tertiary/aromatic N) is 1. The molecule has 0 saturated heterocycles. The molecule has 0 bridgehead atoms. The van der Waals surface area contributed by atoms with Gasteiger partial charge in [-0.25, -0.2) is 8.42 Å². The van der Waals surface area contributed by atoms with E-state index in [0.717, 1.165) is 6.08 Å². The number of hydrogen-bond acceptors (Lipinski definition) is 3. The van der Waals surface area contributed by atoms with Gasteiger partial charge in [0.2, 0.25) is 0 Å². The molecule has 0 radical (unpaired) electrons. The van der Waals surface area contributed by atoms with Crippen molar-refractivity contribution in [3.63, 3.8) is 0 Å². The lowest BCUT2D eigenvalue weighted by molar-refractivity contribution is 0.615. The third kappa shape index (κ3) is 4.08. The standard InChI is InChI=1S/C9H8ClNO2S/c1-3-8(7-11)5-6-9(4-2)14(10,12)13/h3-6H,1-2H2/b8-5+,9-6+. The molecule has 0 fully saturated rings. The Hall–Kier alpha value is -1.31. The molecule has 5 heteroatoms. The Morgan fingerprint density at radius 3 is 2.14 bits per heavy atom. The van der Waals surface area contributed by atoms with Crippen LogP contribution in [0.3, 0.4) is 0 Å². The molecule has 0 unspecified atom stereocenters. The first-order chi connectivity index (χ1) is 6.45. The molecule has 0 heterocycles. The van der Waals surface area contributed by atoms with Gasteiger partial charge in [-0.3, -0.25) is 0 Å². The third-order valence-corrected chi connectivity index (χ3v) is 2.66. The predicted octanol–water partition coefficient (Wildman–Crippen LogP) is 2.26. The van der Waals surface area contributed by atoms with Crippen molar-refractivity contribution in [2.24, 2.45) is 0 Å². The summed E-state index contributed by atoms with van der Waals surface area (Å²) in [4.78, 5) is -0.159. The Labute approximate surface area is 87.7 Å². The van der Waals surface area contributed by atoms with Crippen molar-refractivity contribution < 1.29 is 8.42 Å². The highest BCUT2D eigenvalue weighted by Crippen LogP contribution is 2.13. The van der Waals surface area contributed by atoms with Gasteiger partial charge < -0.3 is 0 Å². The van der Waals surface area contributed by atoms with Crippen LogP contribution < -0.4 is 0 Å². The molecular formula is C9H8ClNO2S. The van der Waals surface area contributed by atoms with Crippen LogP contribution in [0.1, 0.15) is 0 Å². The molecule has 0 N–H and O–H groups in total. The smallest absolute Gasteiger partial charge is 0.207 e. The summed E-state index contributed by atoms with van der Waals surface area (Å²) in [5, 5.41) is 8.49. The molecule has 0 saturated carbocycles. The van der Waals surface area contributed by atoms with Gasteiger partial charge in [-0.05, 0) is 18.2 Å². The van der Waals surface area contributed by atoms with Gasteiger partial charge in [-0.1, -0.05) is 19.2 Å². The first-order valence-electron chi connectivity index (χ1n) is 3.47. The van der Waals surface area contributed by atoms with Crippen LogP contribution in [0.4, 0.5) is 0 Å². The summed E-state index contributed by atoms with van der Waals surface area (Å²) in [7, 11) is 1.26. The summed E-state index contributed by atoms with van der Waals surface area (Å²) in [5.74, 6) is 0. The maximum absolute atomic E-state index is 10.8. The minimum Gasteiger partial charge on any atom is -0.207 e. The van der Waals surface area contributed by atoms with Gasteiger partial charge >= 0.3 is 0 Å². The molecule has 0 amide bonds. The predicted molar refractivity (Wildman–Crippen MR) is 56.9 cm³/mol. The van der Waals surface area contributed by atoms with E-state index in [1.807, 2.05) is 6.07 Å². The van der Waals surface area contributed by atoms with Crippen molar-refractivity contribution in [1.29, 1.82) is 5.26 Å². The van der Waals surface area contributed by atoms with Gasteiger partial charge in [-0.15, -0.1) is 0 Å². The summed E-state index contributed by atoms with van der Waals surface area (Å²) in [6.45, 7) is 6.66. The van der Waals surface area contributed by atoms with E-state index in [1.54, 1.807) is 0 Å². The van der Waals surface area contributed by atoms with Crippen molar-refractivity contribution in [3.05, 3.63) is 47.9 Å². The van der Waals surface area contributed by atoms with Crippen molar-refractivity contribution in [2.75, 3.05) is 0 Å². The van der Waals surface area contributed by atoms with E-state index in [9.17, 15) is 8.42 Å². The number of hydrogen-bond donors (Lipinski definition) is 0. The minimum atomic E-state index is -3.80. The molecule has 0 aromatic heterocycles. The SMILES string of the molecule is C=C/C(C#N)=C\C=C(/C=C)S(=O)(=O)Cl. The van der Waals surface area contributed by atoms with E-state index >= 15 is 0 Å². The zero-order chi connectivity index (χ0) is 11.2. The summed E-state index contributed by atoms with van der Waals surface area (Å²) in [6, 6.07) is 1.81. The van der Waals surface area contributed by atoms with E-state index in [0.29, 0.717) is 0 Å². The van der Waals surface area contributed by atoms with Crippen LogP contribution in [0.25, 0.3) is 0 Å². The van der Waals surface area contributed by atoms with Gasteiger partial charge in [0.05, 0.1) is 16.5 Å². The Morgan fingerprint density at radius 2 is 1.86 bits per heavy atom. The fourth-order valence-corrected chi connectivity index (χ4v) is 1.34. The van der Waals surface area contributed by atoms with E-state index in [2.05, 4.69) is 13.2 Å². The van der Waals surface area contributed by atoms with Crippen LogP contribution >= 0.6 is 10.7 Å². The number of halogens is 1. The molecule has 0 aliphatic carbocycles. The second-order valence-corrected chi connectivity index (χ2v) is 4.71. The first-order valence-corrected chi connectivity index (χ1v) is 5.78. The average molecular weight is 230 g/mol. The highest BCUT2D eigenvalue weighted by atomic mass is 35.7. The topological polar surface area (TPSA) is 57.9 Å². The fraction of sp³-hybridized carbons (Fsp3) is 0. The summed E-state index contributed by atoms with van der Waals surface area (Å²) in [5.41, 5.74) is 0.240. The molecule has 74 valence electrons. The van der Waals surface area contributed by atoms with Crippen molar-refractivity contribution in [3.8, 4) is 6.07 Å². The van der Waals surface area contributed by atoms with Gasteiger partial charge in [0.15, 0.2) is 0 Å². The molecule has 3 nitrogen and oxygen atoms in total. The third-order valence-electron chi connectivity index (χ3n) is 1.26. The molecule has 0 atom stereocenters. The average Bonchev–Trinajstić information content (AvgIpc) is 2.10. The second kappa shape index (κ2) is 5.43. The Balaban J connectivity index is 5.20. The summed E-state index contributed by atoms with van der Waals surface area (Å²) in [6.07, 6.45) is 4.88. The lowest BCUT2D eigenvalue weighted by atomic mass is 10.2. The molecule has 14 heavy (non-hydrogen) atoms. The van der Waals surface area contributed by atoms with Crippen LogP contribution in [0, 0.1) is 11.3 Å². The van der Waals surface area contributed by atoms with Crippen LogP contribution in [0.15, 0.2) is 47.9 Å². The monoisotopic (exact) mass is 229 g/mol. The molecule has 0 aliphatic rings. The summed E-state index contributed by atoms with van der Waals surface area (Å²) < 4.78 is 21.7. The Morgan fingerprint density at radius 1 is 1.29 bits per heavy atom. The maximum Gasteiger partial charge on any atom is 0.261 e. The molecular weight excluding hydrogens is 222 g/mol. The van der Waals surface area contributed by atoms with Crippen molar-refractivity contribution >= 4 is 19.7 Å². The van der Waals surface area contributed by atoms with Crippen LogP contribution in [-0.4, -0.2) is 8.42 Å². The van der Waals surface area contributed by atoms with Crippen LogP contribution in [-0.2, 0) is 9.05 Å². The summed E-state index contributed by atoms with van der Waals surface area (Å²) >= 11 is 0. The fourth-order valence-electron chi connectivity index (χ4n) is 0.572. The lowest BCUT2D eigenvalue weighted by Gasteiger charge is -1.92. The Bertz CT molecular complexity index is 438. The molecule has 0 aromatic rings. The molecule has 0 rings (SSSR count). The zero-order valence-electron chi connectivity index (χ0n) is 7.27. The normalized spacial score (nSPS) is 13.1. The highest BCUT2D eigenvalue weighted by molar-refractivity contribution is 8.17. The zero-order valence-corrected chi connectivity index (χ0v) is 8.85. The quantitative estimate of drug-likeness (QED) is 0.422. The largest absolute Gasteiger partial charge is 0.261 e. The van der Waals surface area contributed by atoms with Gasteiger partial charge in [0.1, 0.15) is 0 Å². The number of rotatable bonds is 4. The van der Waals surface area contributed by atoms with Crippen LogP contribution in [0.2, 0.25) is 0 Å². The van der Waals surface area contributed by atoms with Gasteiger partial charge in [0, 0.05) is 10.7 Å². The van der Waals surface area contributed by atoms with Gasteiger partial charge in [0.25, 0.3) is 9.05 Å². The highest BCUT2D eigenvalue weighted by Gasteiger charge is 2.08. The maximum atomic E-state index is 10.8. The molecule has 0 spiro atoms. The first kappa shape index (κ1) is 12.7. The number of allylic oxidation sites excluding steroid dienone is 5. The van der Waals surface area contributed by atoms with E-state index in [-0.39, 0.29) is 10.5 Å².